The van der Waals surface area contributed by atoms with Gasteiger partial charge < -0.3 is 15.5 Å². The largest absolute Gasteiger partial charge is 0.329 e. The molecule has 4 heterocycles. The van der Waals surface area contributed by atoms with Crippen LogP contribution in [0, 0.1) is 5.95 Å². The zero-order valence-electron chi connectivity index (χ0n) is 18.1. The van der Waals surface area contributed by atoms with Gasteiger partial charge in [-0.15, -0.1) is 0 Å². The van der Waals surface area contributed by atoms with Crippen molar-refractivity contribution in [3.8, 4) is 0 Å². The Morgan fingerprint density at radius 3 is 2.88 bits per heavy atom. The predicted molar refractivity (Wildman–Crippen MR) is 121 cm³/mol. The zero-order chi connectivity index (χ0) is 22.4. The summed E-state index contributed by atoms with van der Waals surface area (Å²) in [5.74, 6) is 1.94. The lowest BCUT2D eigenvalue weighted by Gasteiger charge is -2.25. The zero-order valence-corrected chi connectivity index (χ0v) is 18.1. The van der Waals surface area contributed by atoms with Gasteiger partial charge in [0.15, 0.2) is 5.82 Å². The van der Waals surface area contributed by atoms with Crippen molar-refractivity contribution in [3.05, 3.63) is 47.3 Å². The lowest BCUT2D eigenvalue weighted by Crippen LogP contribution is -2.40. The van der Waals surface area contributed by atoms with Crippen molar-refractivity contribution in [1.29, 1.82) is 0 Å². The lowest BCUT2D eigenvalue weighted by molar-refractivity contribution is -0.117. The highest BCUT2D eigenvalue weighted by atomic mass is 19.1. The Labute approximate surface area is 190 Å². The molecule has 0 aromatic carbocycles. The molecule has 0 spiro atoms. The molecule has 170 valence electrons. The molecular formula is C23H25FN8O. The Balaban J connectivity index is 1.25. The second-order valence-electron chi connectivity index (χ2n) is 8.97. The number of nitrogens with zero attached hydrogens (tertiary/aromatic N) is 5. The Hall–Kier alpha value is -3.56. The molecule has 1 saturated heterocycles. The quantitative estimate of drug-likeness (QED) is 0.495. The first-order chi connectivity index (χ1) is 16.1. The van der Waals surface area contributed by atoms with E-state index in [4.69, 9.17) is 9.97 Å². The van der Waals surface area contributed by atoms with E-state index in [1.807, 2.05) is 4.90 Å². The number of aromatic nitrogens is 5. The first-order valence-electron chi connectivity index (χ1n) is 11.6. The van der Waals surface area contributed by atoms with Crippen molar-refractivity contribution >= 4 is 29.2 Å². The maximum atomic E-state index is 13.1. The predicted octanol–water partition coefficient (Wildman–Crippen LogP) is 3.45. The van der Waals surface area contributed by atoms with E-state index in [0.717, 1.165) is 54.3 Å². The smallest absolute Gasteiger partial charge is 0.247 e. The molecule has 33 heavy (non-hydrogen) atoms. The van der Waals surface area contributed by atoms with E-state index in [1.54, 1.807) is 0 Å². The van der Waals surface area contributed by atoms with Gasteiger partial charge in [0.25, 0.3) is 0 Å². The third-order valence-electron chi connectivity index (χ3n) is 6.59. The molecule has 3 aromatic rings. The number of rotatable bonds is 6. The Kier molecular flexibility index (Phi) is 4.92. The van der Waals surface area contributed by atoms with Gasteiger partial charge in [0.1, 0.15) is 11.9 Å². The van der Waals surface area contributed by atoms with Crippen LogP contribution in [0.15, 0.2) is 24.4 Å². The molecule has 0 unspecified atom stereocenters. The van der Waals surface area contributed by atoms with E-state index in [9.17, 15) is 9.18 Å². The van der Waals surface area contributed by atoms with Crippen LogP contribution in [0.1, 0.15) is 55.0 Å². The van der Waals surface area contributed by atoms with E-state index in [-0.39, 0.29) is 5.91 Å². The molecule has 3 aromatic heterocycles. The standard InChI is InChI=1S/C23H25FN8O/c24-19-9-8-14(12-25-19)26-22(33)18-5-2-10-32(18)23-27-16-4-1-3-15(16)21(29-23)28-20-11-17(30-31-20)13-6-7-13/h8-9,11-13,18H,1-7,10H2,(H,26,33)(H2,27,28,29,30,31)/t18-/m0/s1. The van der Waals surface area contributed by atoms with Crippen LogP contribution in [0.4, 0.5) is 27.7 Å². The number of pyridine rings is 1. The average Bonchev–Trinajstić information content (AvgIpc) is 3.20. The second kappa shape index (κ2) is 8.09. The third kappa shape index (κ3) is 4.01. The van der Waals surface area contributed by atoms with E-state index >= 15 is 0 Å². The number of aryl methyl sites for hydroxylation is 1. The van der Waals surface area contributed by atoms with Crippen LogP contribution in [-0.2, 0) is 17.6 Å². The molecule has 3 aliphatic rings. The first-order valence-corrected chi connectivity index (χ1v) is 11.6. The highest BCUT2D eigenvalue weighted by molar-refractivity contribution is 5.96. The minimum absolute atomic E-state index is 0.166. The molecule has 1 amide bonds. The Morgan fingerprint density at radius 2 is 2.06 bits per heavy atom. The summed E-state index contributed by atoms with van der Waals surface area (Å²) in [4.78, 5) is 28.3. The monoisotopic (exact) mass is 448 g/mol. The lowest BCUT2D eigenvalue weighted by atomic mass is 10.2. The highest BCUT2D eigenvalue weighted by Gasteiger charge is 2.34. The number of hydrogen-bond donors (Lipinski definition) is 3. The molecule has 2 fully saturated rings. The summed E-state index contributed by atoms with van der Waals surface area (Å²) < 4.78 is 13.1. The topological polar surface area (TPSA) is 112 Å². The fraction of sp³-hybridized carbons (Fsp3) is 0.435. The van der Waals surface area contributed by atoms with Gasteiger partial charge in [-0.25, -0.2) is 9.97 Å². The number of hydrogen-bond acceptors (Lipinski definition) is 7. The SMILES string of the molecule is O=C(Nc1ccc(F)nc1)[C@@H]1CCCN1c1nc2c(c(Nc3cc(C4CC4)[nH]n3)n1)CCC2. The molecule has 9 nitrogen and oxygen atoms in total. The second-order valence-corrected chi connectivity index (χ2v) is 8.97. The molecule has 6 rings (SSSR count). The van der Waals surface area contributed by atoms with Crippen LogP contribution in [0.3, 0.4) is 0 Å². The minimum Gasteiger partial charge on any atom is -0.329 e. The van der Waals surface area contributed by atoms with Crippen LogP contribution in [0.5, 0.6) is 0 Å². The molecular weight excluding hydrogens is 423 g/mol. The van der Waals surface area contributed by atoms with Crippen LogP contribution in [0.2, 0.25) is 0 Å². The number of halogens is 1. The molecule has 10 heteroatoms. The number of aromatic amines is 1. The van der Waals surface area contributed by atoms with E-state index in [1.165, 1.54) is 31.2 Å². The number of nitrogens with one attached hydrogen (secondary N) is 3. The Bertz CT molecular complexity index is 1190. The van der Waals surface area contributed by atoms with Crippen molar-refractivity contribution in [2.45, 2.75) is 56.9 Å². The number of amides is 1. The number of carbonyl (C=O) groups is 1. The number of carbonyl (C=O) groups excluding carboxylic acids is 1. The fourth-order valence-electron chi connectivity index (χ4n) is 4.73. The molecule has 3 N–H and O–H groups in total. The molecule has 1 atom stereocenters. The molecule has 2 aliphatic carbocycles. The summed E-state index contributed by atoms with van der Waals surface area (Å²) in [5.41, 5.74) is 3.80. The van der Waals surface area contributed by atoms with Gasteiger partial charge in [-0.2, -0.15) is 14.5 Å². The first kappa shape index (κ1) is 20.1. The van der Waals surface area contributed by atoms with Gasteiger partial charge in [-0.3, -0.25) is 9.89 Å². The van der Waals surface area contributed by atoms with Crippen molar-refractivity contribution in [1.82, 2.24) is 25.1 Å². The van der Waals surface area contributed by atoms with Crippen LogP contribution in [0.25, 0.3) is 0 Å². The van der Waals surface area contributed by atoms with Crippen LogP contribution >= 0.6 is 0 Å². The van der Waals surface area contributed by atoms with Gasteiger partial charge >= 0.3 is 0 Å². The van der Waals surface area contributed by atoms with Crippen molar-refractivity contribution in [2.75, 3.05) is 22.1 Å². The van der Waals surface area contributed by atoms with Gasteiger partial charge in [-0.05, 0) is 57.1 Å². The number of H-pyrrole nitrogens is 1. The summed E-state index contributed by atoms with van der Waals surface area (Å²) >= 11 is 0. The molecule has 1 aliphatic heterocycles. The van der Waals surface area contributed by atoms with Crippen molar-refractivity contribution < 1.29 is 9.18 Å². The molecule has 0 bridgehead atoms. The summed E-state index contributed by atoms with van der Waals surface area (Å²) in [6.45, 7) is 0.701. The van der Waals surface area contributed by atoms with E-state index in [0.29, 0.717) is 30.5 Å². The number of anilines is 4. The van der Waals surface area contributed by atoms with Crippen LogP contribution < -0.4 is 15.5 Å². The van der Waals surface area contributed by atoms with Crippen molar-refractivity contribution in [2.24, 2.45) is 0 Å². The van der Waals surface area contributed by atoms with Gasteiger partial charge in [0, 0.05) is 29.8 Å². The maximum Gasteiger partial charge on any atom is 0.247 e. The van der Waals surface area contributed by atoms with Gasteiger partial charge in [0.2, 0.25) is 17.8 Å². The van der Waals surface area contributed by atoms with Gasteiger partial charge in [-0.1, -0.05) is 0 Å². The molecule has 0 radical (unpaired) electrons. The summed E-state index contributed by atoms with van der Waals surface area (Å²) in [5, 5.41) is 13.8. The Morgan fingerprint density at radius 1 is 1.15 bits per heavy atom. The minimum atomic E-state index is -0.580. The average molecular weight is 449 g/mol. The maximum absolute atomic E-state index is 13.1. The third-order valence-corrected chi connectivity index (χ3v) is 6.59. The number of fused-ring (bicyclic) bond motifs is 1. The van der Waals surface area contributed by atoms with E-state index in [2.05, 4.69) is 31.9 Å². The van der Waals surface area contributed by atoms with Crippen LogP contribution in [-0.4, -0.2) is 43.6 Å². The van der Waals surface area contributed by atoms with Gasteiger partial charge in [0.05, 0.1) is 17.6 Å². The van der Waals surface area contributed by atoms with Crippen molar-refractivity contribution in [3.63, 3.8) is 0 Å². The molecule has 1 saturated carbocycles. The fourth-order valence-corrected chi connectivity index (χ4v) is 4.73. The highest BCUT2D eigenvalue weighted by Crippen LogP contribution is 2.40. The summed E-state index contributed by atoms with van der Waals surface area (Å²) in [7, 11) is 0. The summed E-state index contributed by atoms with van der Waals surface area (Å²) in [6.07, 6.45) is 8.18. The van der Waals surface area contributed by atoms with E-state index < -0.39 is 12.0 Å². The normalized spacial score (nSPS) is 19.5. The summed E-state index contributed by atoms with van der Waals surface area (Å²) in [6, 6.07) is 4.40.